The number of thiocarbonyl (C=S) groups is 1. The van der Waals surface area contributed by atoms with Crippen molar-refractivity contribution >= 4 is 28.9 Å². The predicted molar refractivity (Wildman–Crippen MR) is 143 cm³/mol. The molecule has 1 amide bonds. The Hall–Kier alpha value is -3.19. The van der Waals surface area contributed by atoms with E-state index in [1.807, 2.05) is 50.4 Å². The third kappa shape index (κ3) is 4.69. The molecule has 6 nitrogen and oxygen atoms in total. The van der Waals surface area contributed by atoms with Crippen molar-refractivity contribution in [1.82, 2.24) is 19.8 Å². The average Bonchev–Trinajstić information content (AvgIpc) is 3.55. The Morgan fingerprint density at radius 2 is 1.94 bits per heavy atom. The number of anilines is 1. The molecule has 0 spiro atoms. The van der Waals surface area contributed by atoms with E-state index in [4.69, 9.17) is 12.2 Å². The highest BCUT2D eigenvalue weighted by molar-refractivity contribution is 7.80. The lowest BCUT2D eigenvalue weighted by Gasteiger charge is -2.28. The summed E-state index contributed by atoms with van der Waals surface area (Å²) >= 11 is 5.81. The second-order valence-corrected chi connectivity index (χ2v) is 10.3. The molecule has 3 aromatic rings. The molecule has 0 unspecified atom stereocenters. The van der Waals surface area contributed by atoms with Crippen molar-refractivity contribution in [2.24, 2.45) is 0 Å². The fourth-order valence-electron chi connectivity index (χ4n) is 5.29. The predicted octanol–water partition coefficient (Wildman–Crippen LogP) is 5.45. The number of rotatable bonds is 7. The zero-order valence-corrected chi connectivity index (χ0v) is 21.7. The number of aromatic nitrogens is 2. The van der Waals surface area contributed by atoms with Crippen molar-refractivity contribution in [2.45, 2.75) is 65.1 Å². The second-order valence-electron chi connectivity index (χ2n) is 9.86. The van der Waals surface area contributed by atoms with Crippen molar-refractivity contribution < 1.29 is 4.79 Å². The van der Waals surface area contributed by atoms with Crippen LogP contribution >= 0.6 is 12.2 Å². The van der Waals surface area contributed by atoms with E-state index in [9.17, 15) is 4.79 Å². The topological polar surface area (TPSA) is 62.2 Å². The Bertz CT molecular complexity index is 1260. The van der Waals surface area contributed by atoms with Crippen LogP contribution in [-0.4, -0.2) is 32.0 Å². The molecule has 2 fully saturated rings. The smallest absolute Gasteiger partial charge is 0.226 e. The Balaban J connectivity index is 1.41. The van der Waals surface area contributed by atoms with E-state index in [0.717, 1.165) is 22.5 Å². The molecule has 2 aliphatic rings. The van der Waals surface area contributed by atoms with Gasteiger partial charge in [0.25, 0.3) is 0 Å². The monoisotopic (exact) mass is 487 g/mol. The summed E-state index contributed by atoms with van der Waals surface area (Å²) in [7, 11) is 0. The summed E-state index contributed by atoms with van der Waals surface area (Å²) in [6, 6.07) is 14.9. The van der Waals surface area contributed by atoms with Gasteiger partial charge in [-0.1, -0.05) is 18.2 Å². The molecule has 1 aliphatic heterocycles. The first-order valence-corrected chi connectivity index (χ1v) is 12.8. The van der Waals surface area contributed by atoms with Crippen LogP contribution in [0.5, 0.6) is 0 Å². The first-order valence-electron chi connectivity index (χ1n) is 12.4. The van der Waals surface area contributed by atoms with Gasteiger partial charge >= 0.3 is 0 Å². The zero-order valence-electron chi connectivity index (χ0n) is 20.8. The normalized spacial score (nSPS) is 19.7. The fraction of sp³-hybridized carbons (Fsp3) is 0.393. The highest BCUT2D eigenvalue weighted by Gasteiger charge is 2.42. The third-order valence-corrected chi connectivity index (χ3v) is 7.55. The second kappa shape index (κ2) is 9.46. The molecule has 1 saturated carbocycles. The van der Waals surface area contributed by atoms with Gasteiger partial charge in [0.2, 0.25) is 5.91 Å². The van der Waals surface area contributed by atoms with Crippen molar-refractivity contribution in [3.8, 4) is 0 Å². The van der Waals surface area contributed by atoms with Crippen molar-refractivity contribution in [2.75, 3.05) is 11.9 Å². The molecular formula is C28H33N5OS. The highest BCUT2D eigenvalue weighted by atomic mass is 32.1. The van der Waals surface area contributed by atoms with E-state index in [-0.39, 0.29) is 18.0 Å². The van der Waals surface area contributed by atoms with Crippen LogP contribution in [0.4, 0.5) is 5.69 Å². The van der Waals surface area contributed by atoms with Crippen LogP contribution in [0.2, 0.25) is 0 Å². The Morgan fingerprint density at radius 1 is 1.14 bits per heavy atom. The van der Waals surface area contributed by atoms with Gasteiger partial charge in [0.15, 0.2) is 5.11 Å². The van der Waals surface area contributed by atoms with Gasteiger partial charge in [-0.15, -0.1) is 0 Å². The fourth-order valence-corrected chi connectivity index (χ4v) is 5.62. The van der Waals surface area contributed by atoms with E-state index in [1.165, 1.54) is 29.8 Å². The molecule has 5 rings (SSSR count). The number of hydrogen-bond acceptors (Lipinski definition) is 3. The molecule has 2 N–H and O–H groups in total. The number of nitrogens with one attached hydrogen (secondary N) is 2. The first-order chi connectivity index (χ1) is 16.8. The summed E-state index contributed by atoms with van der Waals surface area (Å²) < 4.78 is 2.47. The van der Waals surface area contributed by atoms with Crippen LogP contribution in [-0.2, 0) is 4.79 Å². The molecule has 7 heteroatoms. The minimum absolute atomic E-state index is 0.00927. The molecule has 0 radical (unpaired) electrons. The van der Waals surface area contributed by atoms with E-state index in [0.29, 0.717) is 24.1 Å². The van der Waals surface area contributed by atoms with E-state index in [1.54, 1.807) is 0 Å². The van der Waals surface area contributed by atoms with Gasteiger partial charge in [-0.3, -0.25) is 9.78 Å². The van der Waals surface area contributed by atoms with Gasteiger partial charge < -0.3 is 20.1 Å². The van der Waals surface area contributed by atoms with Gasteiger partial charge in [-0.05, 0) is 93.7 Å². The molecule has 1 aliphatic carbocycles. The van der Waals surface area contributed by atoms with Crippen LogP contribution in [0.1, 0.15) is 71.2 Å². The lowest BCUT2D eigenvalue weighted by Crippen LogP contribution is -2.33. The summed E-state index contributed by atoms with van der Waals surface area (Å²) in [4.78, 5) is 19.8. The van der Waals surface area contributed by atoms with Crippen LogP contribution < -0.4 is 10.6 Å². The molecule has 2 atom stereocenters. The van der Waals surface area contributed by atoms with E-state index in [2.05, 4.69) is 51.1 Å². The molecular weight excluding hydrogens is 454 g/mol. The number of carbonyl (C=O) groups is 1. The average molecular weight is 488 g/mol. The quantitative estimate of drug-likeness (QED) is 0.434. The van der Waals surface area contributed by atoms with Crippen LogP contribution in [0.3, 0.4) is 0 Å². The van der Waals surface area contributed by atoms with Gasteiger partial charge in [0.05, 0.1) is 17.8 Å². The van der Waals surface area contributed by atoms with Crippen molar-refractivity contribution in [3.63, 3.8) is 0 Å². The lowest BCUT2D eigenvalue weighted by molar-refractivity contribution is -0.116. The summed E-state index contributed by atoms with van der Waals surface area (Å²) in [5, 5.41) is 7.27. The molecule has 1 saturated heterocycles. The number of nitrogens with zero attached hydrogens (tertiary/aromatic N) is 3. The standard InChI is InChI=1S/C28H33N5OS/c1-17-8-9-18(2)24(15-17)30-25(34)12-14-32-27(22-16-19(3)33(20(22)4)21-10-11-21)26(31-28(32)35)23-7-5-6-13-29-23/h5-9,13,15-16,21,26-27H,10-12,14H2,1-4H3,(H,30,34)(H,31,35)/t26-,27-/m1/s1. The summed E-state index contributed by atoms with van der Waals surface area (Å²) in [6.07, 6.45) is 4.65. The third-order valence-electron chi connectivity index (χ3n) is 7.20. The SMILES string of the molecule is Cc1ccc(C)c(NC(=O)CCN2C(=S)N[C@H](c3ccccn3)[C@H]2c2cc(C)n(C3CC3)c2C)c1. The van der Waals surface area contributed by atoms with Crippen molar-refractivity contribution in [1.29, 1.82) is 0 Å². The van der Waals surface area contributed by atoms with E-state index < -0.39 is 0 Å². The molecule has 1 aromatic carbocycles. The van der Waals surface area contributed by atoms with Gasteiger partial charge in [-0.25, -0.2) is 0 Å². The number of pyridine rings is 1. The Morgan fingerprint density at radius 3 is 2.66 bits per heavy atom. The maximum absolute atomic E-state index is 12.9. The maximum Gasteiger partial charge on any atom is 0.226 e. The largest absolute Gasteiger partial charge is 0.352 e. The van der Waals surface area contributed by atoms with E-state index >= 15 is 0 Å². The zero-order chi connectivity index (χ0) is 24.7. The van der Waals surface area contributed by atoms with Gasteiger partial charge in [0.1, 0.15) is 0 Å². The van der Waals surface area contributed by atoms with Gasteiger partial charge in [-0.2, -0.15) is 0 Å². The Labute approximate surface area is 212 Å². The number of carbonyl (C=O) groups excluding carboxylic acids is 1. The minimum atomic E-state index is -0.0704. The number of amides is 1. The molecule has 35 heavy (non-hydrogen) atoms. The first kappa shape index (κ1) is 23.5. The van der Waals surface area contributed by atoms with Crippen LogP contribution in [0.25, 0.3) is 0 Å². The van der Waals surface area contributed by atoms with Crippen LogP contribution in [0, 0.1) is 27.7 Å². The molecule has 0 bridgehead atoms. The maximum atomic E-state index is 12.9. The summed E-state index contributed by atoms with van der Waals surface area (Å²) in [6.45, 7) is 8.97. The minimum Gasteiger partial charge on any atom is -0.352 e. The molecule has 182 valence electrons. The van der Waals surface area contributed by atoms with Crippen LogP contribution in [0.15, 0.2) is 48.7 Å². The summed E-state index contributed by atoms with van der Waals surface area (Å²) in [5.41, 5.74) is 7.83. The highest BCUT2D eigenvalue weighted by Crippen LogP contribution is 2.44. The number of hydrogen-bond donors (Lipinski definition) is 2. The number of aryl methyl sites for hydroxylation is 3. The molecule has 3 heterocycles. The van der Waals surface area contributed by atoms with Gasteiger partial charge in [0, 0.05) is 42.3 Å². The lowest BCUT2D eigenvalue weighted by atomic mass is 9.96. The number of benzene rings is 1. The molecule has 2 aromatic heterocycles. The Kier molecular flexibility index (Phi) is 6.36. The summed E-state index contributed by atoms with van der Waals surface area (Å²) in [5.74, 6) is -0.00927. The van der Waals surface area contributed by atoms with Crippen molar-refractivity contribution in [3.05, 3.63) is 82.4 Å².